The Morgan fingerprint density at radius 1 is 0.338 bits per heavy atom. The van der Waals surface area contributed by atoms with Crippen molar-refractivity contribution in [3.8, 4) is 24.3 Å². The molecule has 8 aliphatic heterocycles. The summed E-state index contributed by atoms with van der Waals surface area (Å²) in [4.78, 5) is 73.5. The highest BCUT2D eigenvalue weighted by Gasteiger charge is 2.38. The van der Waals surface area contributed by atoms with E-state index in [1.54, 1.807) is 71.0 Å². The molecule has 776 valence electrons. The van der Waals surface area contributed by atoms with Crippen LogP contribution in [-0.2, 0) is 63.5 Å². The van der Waals surface area contributed by atoms with Gasteiger partial charge in [-0.15, -0.1) is 0 Å². The molecular weight excluding hydrogens is 2200 g/mol. The third-order valence-corrected chi connectivity index (χ3v) is 35.1. The lowest BCUT2D eigenvalue weighted by atomic mass is 9.94. The number of nitrogens with one attached hydrogen (secondary N) is 3. The van der Waals surface area contributed by atoms with Crippen LogP contribution in [0.5, 0.6) is 0 Å². The number of anilines is 4. The monoisotopic (exact) mass is 2310 g/mol. The first kappa shape index (κ1) is 113. The molecular formula is C111H122Br4N16O14S3. The summed E-state index contributed by atoms with van der Waals surface area (Å²) in [6.45, 7) is 18.1. The number of piperidine rings is 5. The molecule has 0 aromatic heterocycles. The smallest absolute Gasteiger partial charge is 0.309 e. The van der Waals surface area contributed by atoms with Crippen LogP contribution in [0, 0.1) is 80.3 Å². The Morgan fingerprint density at radius 3 is 0.946 bits per heavy atom. The zero-order valence-corrected chi connectivity index (χ0v) is 91.5. The number of carbonyl (C=O) groups excluding carboxylic acids is 4. The molecule has 8 heterocycles. The van der Waals surface area contributed by atoms with Gasteiger partial charge in [0.2, 0.25) is 41.9 Å². The van der Waals surface area contributed by atoms with Crippen molar-refractivity contribution < 1.29 is 63.8 Å². The maximum absolute atomic E-state index is 13.3. The number of sulfonamides is 3. The number of hydrogen-bond donors (Lipinski definition) is 4. The Labute approximate surface area is 900 Å². The largest absolute Gasteiger partial charge is 0.481 e. The Balaban J connectivity index is 0.000000151. The molecule has 0 spiro atoms. The van der Waals surface area contributed by atoms with Gasteiger partial charge in [0.25, 0.3) is 0 Å². The van der Waals surface area contributed by atoms with E-state index < -0.39 is 36.0 Å². The number of carbonyl (C=O) groups is 5. The molecule has 0 unspecified atom stereocenters. The number of amides is 2. The van der Waals surface area contributed by atoms with E-state index in [-0.39, 0.29) is 63.1 Å². The van der Waals surface area contributed by atoms with Crippen LogP contribution in [0.3, 0.4) is 0 Å². The molecule has 8 saturated heterocycles. The van der Waals surface area contributed by atoms with Gasteiger partial charge >= 0.3 is 17.9 Å². The fourth-order valence-corrected chi connectivity index (χ4v) is 24.9. The van der Waals surface area contributed by atoms with E-state index in [1.807, 2.05) is 194 Å². The lowest BCUT2D eigenvalue weighted by molar-refractivity contribution is -0.149. The van der Waals surface area contributed by atoms with E-state index in [1.165, 1.54) is 14.8 Å². The number of carboxylic acids is 1. The molecule has 0 radical (unpaired) electrons. The molecule has 0 atom stereocenters. The highest BCUT2D eigenvalue weighted by molar-refractivity contribution is 9.11. The van der Waals surface area contributed by atoms with E-state index in [2.05, 4.69) is 112 Å². The number of rotatable bonds is 18. The second kappa shape index (κ2) is 54.9. The van der Waals surface area contributed by atoms with E-state index in [0.29, 0.717) is 132 Å². The maximum Gasteiger partial charge on any atom is 0.309 e. The fourth-order valence-electron chi connectivity index (χ4n) is 19.0. The minimum atomic E-state index is -3.63. The van der Waals surface area contributed by atoms with Gasteiger partial charge < -0.3 is 60.0 Å². The number of ether oxygens (including phenoxy) is 2. The number of nitriles is 4. The van der Waals surface area contributed by atoms with Crippen molar-refractivity contribution in [3.63, 3.8) is 0 Å². The summed E-state index contributed by atoms with van der Waals surface area (Å²) >= 11 is 13.6. The van der Waals surface area contributed by atoms with Crippen molar-refractivity contribution in [2.75, 3.05) is 177 Å². The second-order valence-corrected chi connectivity index (χ2v) is 46.3. The standard InChI is InChI=1S/C27H29BrN4O3S.C27H27BrN4O3S.C15H18N2O2.C14H15BrN2O2S.C13H14N2O2.C8H15NO2.C7H4BrN/c2*28-24-6-4-23-18-26(7-5-22(23)17-24)36(34,35)32-14-12-31(13-15-32)27(33)21-8-10-30(11-9-21)25-3-1-2-20(16-25)19-29;1-2-19-15(18)13-6-8-17(9-7-13)14-5-3-4-12(10-14)11-16;15-13-3-1-12-10-14(4-2-11(12)9-13)20(18,19)17-7-5-16-6-8-17;14-9-10-2-1-3-12(8-10)15-6-4-11(5-7-15)13(16)17;1-2-11-8(10)7-3-5-9-6-4-7;8-7-3-1-2-6(4-7)5-9/h1-7,16-19,21,29H,8-15H2;1-7,16-18,21H,8-15H2;3-5,10,13H,2,6-9H2,1H3;1-4,9-10,16H,5-8H2;1-3,8,11H,4-7H2,(H,16,17);7,9H,2-6H2,1H3;1-4H. The number of esters is 2. The van der Waals surface area contributed by atoms with E-state index >= 15 is 0 Å². The summed E-state index contributed by atoms with van der Waals surface area (Å²) < 4.78 is 96.6. The third-order valence-electron chi connectivity index (χ3n) is 27.4. The average molecular weight is 2320 g/mol. The van der Waals surface area contributed by atoms with Crippen LogP contribution in [0.2, 0.25) is 0 Å². The normalized spacial score (nSPS) is 17.0. The van der Waals surface area contributed by atoms with Gasteiger partial charge in [0.1, 0.15) is 0 Å². The van der Waals surface area contributed by atoms with Gasteiger partial charge in [0.15, 0.2) is 0 Å². The first-order valence-corrected chi connectivity index (χ1v) is 57.3. The number of nitrogens with zero attached hydrogens (tertiary/aromatic N) is 13. The molecule has 11 aromatic rings. The molecule has 148 heavy (non-hydrogen) atoms. The minimum absolute atomic E-state index is 0.0194. The number of benzene rings is 11. The lowest BCUT2D eigenvalue weighted by Crippen LogP contribution is -2.52. The van der Waals surface area contributed by atoms with Crippen molar-refractivity contribution in [2.24, 2.45) is 29.6 Å². The van der Waals surface area contributed by atoms with Gasteiger partial charge in [0, 0.05) is 190 Å². The van der Waals surface area contributed by atoms with Crippen LogP contribution in [-0.4, -0.2) is 246 Å². The van der Waals surface area contributed by atoms with Crippen LogP contribution < -0.4 is 30.2 Å². The van der Waals surface area contributed by atoms with Gasteiger partial charge in [-0.1, -0.05) is 137 Å². The predicted octanol–water partition coefficient (Wildman–Crippen LogP) is 17.8. The van der Waals surface area contributed by atoms with Crippen LogP contribution in [0.15, 0.2) is 263 Å². The summed E-state index contributed by atoms with van der Waals surface area (Å²) in [6.07, 6.45) is 9.24. The molecule has 30 nitrogen and oxygen atoms in total. The summed E-state index contributed by atoms with van der Waals surface area (Å²) in [6, 6.07) is 79.3. The Hall–Kier alpha value is -12.1. The summed E-state index contributed by atoms with van der Waals surface area (Å²) in [5.41, 5.74) is 7.67. The first-order chi connectivity index (χ1) is 71.4. The molecule has 2 amide bonds. The van der Waals surface area contributed by atoms with Crippen molar-refractivity contribution in [2.45, 2.75) is 92.7 Å². The molecule has 0 aliphatic carbocycles. The maximum atomic E-state index is 13.3. The summed E-state index contributed by atoms with van der Waals surface area (Å²) in [5, 5.41) is 63.7. The van der Waals surface area contributed by atoms with Crippen LogP contribution in [0.1, 0.15) is 106 Å². The molecule has 0 saturated carbocycles. The van der Waals surface area contributed by atoms with Gasteiger partial charge in [-0.2, -0.15) is 34.0 Å². The molecule has 19 rings (SSSR count). The molecule has 0 bridgehead atoms. The lowest BCUT2D eigenvalue weighted by Gasteiger charge is -2.38. The summed E-state index contributed by atoms with van der Waals surface area (Å²) in [7, 11) is -10.6. The van der Waals surface area contributed by atoms with E-state index in [9.17, 15) is 49.2 Å². The first-order valence-electron chi connectivity index (χ1n) is 49.8. The molecule has 11 aromatic carbocycles. The topological polar surface area (TPSA) is 399 Å². The zero-order chi connectivity index (χ0) is 105. The number of fused-ring (bicyclic) bond motifs is 3. The minimum Gasteiger partial charge on any atom is -0.481 e. The average Bonchev–Trinajstić information content (AvgIpc) is 0.781. The molecule has 37 heteroatoms. The second-order valence-electron chi connectivity index (χ2n) is 36.8. The van der Waals surface area contributed by atoms with E-state index in [0.717, 1.165) is 195 Å². The van der Waals surface area contributed by atoms with Crippen molar-refractivity contribution in [1.29, 1.82) is 26.5 Å². The Bertz CT molecular complexity index is 7030. The zero-order valence-electron chi connectivity index (χ0n) is 82.7. The van der Waals surface area contributed by atoms with Crippen molar-refractivity contribution in [3.05, 3.63) is 276 Å². The molecule has 8 aliphatic rings. The number of hydrogen-bond acceptors (Lipinski definition) is 24. The SMILES string of the molecule is CCOC(=O)C1CCN(c2cccc(C#N)c2)CC1.CCOC(=O)C1CCNCC1.N#Cc1cccc(Br)c1.N#Cc1cccc(N2CCC(C(=O)N3CCN(S(=O)(=O)c4ccc5cc(Br)ccc5c4)CC3)CC2)c1.N#Cc1cccc(N2CCC(C(=O)O)CC2)c1.N=Cc1cccc(N2CCC(C(=O)N3CCN(S(=O)(=O)c4ccc5cc(Br)ccc5c4)CC3)CC2)c1.O=S(=O)(c1ccc2cc(Br)ccc2c1)N1CCNCC1. The quantitative estimate of drug-likeness (QED) is 0.0458. The van der Waals surface area contributed by atoms with Gasteiger partial charge in [-0.3, -0.25) is 24.0 Å². The summed E-state index contributed by atoms with van der Waals surface area (Å²) in [5.74, 6) is -0.669. The van der Waals surface area contributed by atoms with Gasteiger partial charge in [-0.05, 0) is 287 Å². The number of piperazine rings is 3. The Kier molecular flexibility index (Phi) is 42.0. The predicted molar refractivity (Wildman–Crippen MR) is 590 cm³/mol. The van der Waals surface area contributed by atoms with Crippen molar-refractivity contribution in [1.82, 2.24) is 33.3 Å². The number of aliphatic carboxylic acids is 1. The number of halogens is 4. The number of carboxylic acid groups (broad SMARTS) is 1. The van der Waals surface area contributed by atoms with Gasteiger partial charge in [0.05, 0.1) is 92.2 Å². The Morgan fingerprint density at radius 2 is 0.622 bits per heavy atom. The third kappa shape index (κ3) is 31.1. The highest BCUT2D eigenvalue weighted by atomic mass is 79.9. The van der Waals surface area contributed by atoms with E-state index in [4.69, 9.17) is 41.0 Å². The van der Waals surface area contributed by atoms with Crippen molar-refractivity contribution >= 4 is 185 Å². The van der Waals surface area contributed by atoms with Gasteiger partial charge in [-0.25, -0.2) is 25.3 Å². The fraction of sp³-hybridized carbons (Fsp3) is 0.369. The van der Waals surface area contributed by atoms with Crippen LogP contribution in [0.25, 0.3) is 32.3 Å². The van der Waals surface area contributed by atoms with Crippen LogP contribution in [0.4, 0.5) is 22.7 Å². The van der Waals surface area contributed by atoms with Crippen LogP contribution >= 0.6 is 63.7 Å². The highest BCUT2D eigenvalue weighted by Crippen LogP contribution is 2.35. The molecule has 4 N–H and O–H groups in total. The molecule has 8 fully saturated rings.